The molecular weight excluding hydrogens is 362 g/mol. The molecule has 144 valence electrons. The van der Waals surface area contributed by atoms with E-state index in [1.807, 2.05) is 66.9 Å². The van der Waals surface area contributed by atoms with E-state index in [1.165, 1.54) is 5.56 Å². The highest BCUT2D eigenvalue weighted by Crippen LogP contribution is 2.19. The molecule has 2 aromatic carbocycles. The average molecular weight is 383 g/mol. The van der Waals surface area contributed by atoms with Crippen molar-refractivity contribution in [1.82, 2.24) is 20.1 Å². The number of carbonyl (C=O) groups is 1. The minimum Gasteiger partial charge on any atom is -0.334 e. The van der Waals surface area contributed by atoms with Crippen molar-refractivity contribution < 1.29 is 4.79 Å². The highest BCUT2D eigenvalue weighted by Gasteiger charge is 2.10. The molecule has 0 aliphatic rings. The van der Waals surface area contributed by atoms with E-state index >= 15 is 0 Å². The van der Waals surface area contributed by atoms with Crippen molar-refractivity contribution in [3.05, 3.63) is 108 Å². The van der Waals surface area contributed by atoms with Crippen molar-refractivity contribution in [1.29, 1.82) is 0 Å². The van der Waals surface area contributed by atoms with Crippen LogP contribution in [-0.2, 0) is 13.0 Å². The Morgan fingerprint density at radius 2 is 1.66 bits per heavy atom. The summed E-state index contributed by atoms with van der Waals surface area (Å²) in [5.74, 6) is 0.697. The van der Waals surface area contributed by atoms with Crippen LogP contribution in [0.25, 0.3) is 5.82 Å². The minimum atomic E-state index is -0.263. The largest absolute Gasteiger partial charge is 0.334 e. The van der Waals surface area contributed by atoms with Crippen LogP contribution in [-0.4, -0.2) is 20.8 Å². The second-order valence-corrected chi connectivity index (χ2v) is 6.56. The van der Waals surface area contributed by atoms with Crippen molar-refractivity contribution >= 4 is 11.7 Å². The number of carbonyl (C=O) groups excluding carboxylic acids is 1. The van der Waals surface area contributed by atoms with Gasteiger partial charge < -0.3 is 10.6 Å². The van der Waals surface area contributed by atoms with Gasteiger partial charge in [0.25, 0.3) is 0 Å². The highest BCUT2D eigenvalue weighted by molar-refractivity contribution is 5.90. The van der Waals surface area contributed by atoms with Gasteiger partial charge in [0.1, 0.15) is 0 Å². The average Bonchev–Trinajstić information content (AvgIpc) is 3.29. The number of hydrogen-bond acceptors (Lipinski definition) is 3. The van der Waals surface area contributed by atoms with Crippen LogP contribution in [0.1, 0.15) is 16.7 Å². The quantitative estimate of drug-likeness (QED) is 0.525. The van der Waals surface area contributed by atoms with E-state index < -0.39 is 0 Å². The molecule has 0 aliphatic heterocycles. The lowest BCUT2D eigenvalue weighted by Gasteiger charge is -2.13. The lowest BCUT2D eigenvalue weighted by molar-refractivity contribution is 0.251. The first-order valence-corrected chi connectivity index (χ1v) is 9.40. The number of rotatable bonds is 6. The lowest BCUT2D eigenvalue weighted by atomic mass is 10.0. The minimum absolute atomic E-state index is 0.263. The Morgan fingerprint density at radius 3 is 2.48 bits per heavy atom. The first kappa shape index (κ1) is 18.4. The summed E-state index contributed by atoms with van der Waals surface area (Å²) < 4.78 is 1.68. The van der Waals surface area contributed by atoms with Crippen molar-refractivity contribution in [3.8, 4) is 5.82 Å². The van der Waals surface area contributed by atoms with Crippen molar-refractivity contribution in [2.75, 3.05) is 5.32 Å². The van der Waals surface area contributed by atoms with Gasteiger partial charge >= 0.3 is 6.03 Å². The molecule has 0 aliphatic carbocycles. The van der Waals surface area contributed by atoms with Gasteiger partial charge in [0.15, 0.2) is 5.82 Å². The number of amides is 2. The molecule has 0 saturated carbocycles. The summed E-state index contributed by atoms with van der Waals surface area (Å²) in [4.78, 5) is 16.9. The van der Waals surface area contributed by atoms with Gasteiger partial charge in [0.2, 0.25) is 0 Å². The third-order valence-corrected chi connectivity index (χ3v) is 4.53. The van der Waals surface area contributed by atoms with Crippen LogP contribution in [0, 0.1) is 0 Å². The predicted octanol–water partition coefficient (Wildman–Crippen LogP) is 4.18. The molecule has 4 rings (SSSR count). The number of aromatic nitrogens is 3. The highest BCUT2D eigenvalue weighted by atomic mass is 16.2. The Bertz CT molecular complexity index is 1080. The van der Waals surface area contributed by atoms with E-state index in [-0.39, 0.29) is 6.03 Å². The summed E-state index contributed by atoms with van der Waals surface area (Å²) in [5.41, 5.74) is 3.94. The molecule has 0 spiro atoms. The van der Waals surface area contributed by atoms with Crippen LogP contribution in [0.4, 0.5) is 10.5 Å². The number of pyridine rings is 1. The fraction of sp³-hybridized carbons (Fsp3) is 0.0870. The number of nitrogens with one attached hydrogen (secondary N) is 2. The molecule has 2 amide bonds. The maximum atomic E-state index is 12.5. The van der Waals surface area contributed by atoms with Gasteiger partial charge in [-0.15, -0.1) is 0 Å². The summed E-state index contributed by atoms with van der Waals surface area (Å²) in [6, 6.07) is 23.4. The maximum absolute atomic E-state index is 12.5. The van der Waals surface area contributed by atoms with Crippen molar-refractivity contribution in [3.63, 3.8) is 0 Å². The van der Waals surface area contributed by atoms with Crippen LogP contribution in [0.3, 0.4) is 0 Å². The Balaban J connectivity index is 1.43. The van der Waals surface area contributed by atoms with Crippen molar-refractivity contribution in [2.24, 2.45) is 0 Å². The second kappa shape index (κ2) is 8.84. The van der Waals surface area contributed by atoms with Gasteiger partial charge in [-0.2, -0.15) is 5.10 Å². The first-order chi connectivity index (χ1) is 14.3. The molecule has 0 unspecified atom stereocenters. The monoisotopic (exact) mass is 383 g/mol. The van der Waals surface area contributed by atoms with Gasteiger partial charge in [-0.05, 0) is 35.7 Å². The maximum Gasteiger partial charge on any atom is 0.319 e. The normalized spacial score (nSPS) is 10.5. The Morgan fingerprint density at radius 1 is 0.862 bits per heavy atom. The molecule has 0 radical (unpaired) electrons. The Kier molecular flexibility index (Phi) is 5.62. The van der Waals surface area contributed by atoms with E-state index in [2.05, 4.69) is 32.8 Å². The summed E-state index contributed by atoms with van der Waals surface area (Å²) >= 11 is 0. The zero-order chi connectivity index (χ0) is 19.9. The second-order valence-electron chi connectivity index (χ2n) is 6.56. The van der Waals surface area contributed by atoms with E-state index in [0.29, 0.717) is 12.4 Å². The Labute approximate surface area is 169 Å². The van der Waals surface area contributed by atoms with E-state index in [0.717, 1.165) is 23.2 Å². The first-order valence-electron chi connectivity index (χ1n) is 9.40. The molecular formula is C23H21N5O. The number of anilines is 1. The third-order valence-electron chi connectivity index (χ3n) is 4.53. The van der Waals surface area contributed by atoms with Crippen LogP contribution < -0.4 is 10.6 Å². The Hall–Kier alpha value is -3.93. The van der Waals surface area contributed by atoms with Gasteiger partial charge in [0, 0.05) is 36.4 Å². The van der Waals surface area contributed by atoms with Crippen LogP contribution in [0.15, 0.2) is 91.4 Å². The number of para-hydroxylation sites is 1. The van der Waals surface area contributed by atoms with Gasteiger partial charge in [0.05, 0.1) is 0 Å². The zero-order valence-corrected chi connectivity index (χ0v) is 15.8. The lowest BCUT2D eigenvalue weighted by Crippen LogP contribution is -2.29. The fourth-order valence-electron chi connectivity index (χ4n) is 3.12. The topological polar surface area (TPSA) is 71.8 Å². The van der Waals surface area contributed by atoms with Crippen LogP contribution >= 0.6 is 0 Å². The molecule has 0 atom stereocenters. The van der Waals surface area contributed by atoms with E-state index in [9.17, 15) is 4.79 Å². The molecule has 6 nitrogen and oxygen atoms in total. The van der Waals surface area contributed by atoms with Gasteiger partial charge in [-0.1, -0.05) is 54.6 Å². The molecule has 2 N–H and O–H groups in total. The fourth-order valence-corrected chi connectivity index (χ4v) is 3.12. The summed E-state index contributed by atoms with van der Waals surface area (Å²) in [6.45, 7) is 0.343. The molecule has 2 heterocycles. The third kappa shape index (κ3) is 4.68. The molecule has 0 bridgehead atoms. The van der Waals surface area contributed by atoms with Crippen LogP contribution in [0.5, 0.6) is 0 Å². The standard InChI is InChI=1S/C23H21N5O/c29-23(25-17-20-11-6-13-24-22(20)28-15-7-14-26-28)27-21-12-5-4-10-19(21)16-18-8-2-1-3-9-18/h1-15H,16-17H2,(H2,25,27,29). The molecule has 0 saturated heterocycles. The SMILES string of the molecule is O=C(NCc1cccnc1-n1cccn1)Nc1ccccc1Cc1ccccc1. The smallest absolute Gasteiger partial charge is 0.319 e. The predicted molar refractivity (Wildman–Crippen MR) is 113 cm³/mol. The van der Waals surface area contributed by atoms with E-state index in [1.54, 1.807) is 17.1 Å². The molecule has 0 fully saturated rings. The van der Waals surface area contributed by atoms with Gasteiger partial charge in [-0.3, -0.25) is 0 Å². The summed E-state index contributed by atoms with van der Waals surface area (Å²) in [6.07, 6.45) is 5.98. The number of benzene rings is 2. The number of urea groups is 1. The molecule has 4 aromatic rings. The van der Waals surface area contributed by atoms with Crippen molar-refractivity contribution in [2.45, 2.75) is 13.0 Å². The van der Waals surface area contributed by atoms with Gasteiger partial charge in [-0.25, -0.2) is 14.5 Å². The molecule has 29 heavy (non-hydrogen) atoms. The molecule has 6 heteroatoms. The number of nitrogens with zero attached hydrogens (tertiary/aromatic N) is 3. The number of hydrogen-bond donors (Lipinski definition) is 2. The van der Waals surface area contributed by atoms with Crippen LogP contribution in [0.2, 0.25) is 0 Å². The summed E-state index contributed by atoms with van der Waals surface area (Å²) in [7, 11) is 0. The molecule has 2 aromatic heterocycles. The van der Waals surface area contributed by atoms with E-state index in [4.69, 9.17) is 0 Å². The zero-order valence-electron chi connectivity index (χ0n) is 15.8. The summed E-state index contributed by atoms with van der Waals surface area (Å²) in [5, 5.41) is 10.1.